The van der Waals surface area contributed by atoms with E-state index in [1.165, 1.54) is 11.1 Å². The lowest BCUT2D eigenvalue weighted by Crippen LogP contribution is -2.43. The van der Waals surface area contributed by atoms with E-state index in [0.29, 0.717) is 17.9 Å². The van der Waals surface area contributed by atoms with Gasteiger partial charge in [0.2, 0.25) is 0 Å². The molecule has 0 saturated carbocycles. The molecule has 0 aromatic heterocycles. The first kappa shape index (κ1) is 17.7. The molecule has 2 heterocycles. The van der Waals surface area contributed by atoms with Crippen molar-refractivity contribution in [2.24, 2.45) is 0 Å². The Morgan fingerprint density at radius 3 is 2.42 bits per heavy atom. The van der Waals surface area contributed by atoms with Gasteiger partial charge in [-0.05, 0) is 49.1 Å². The molecule has 0 amide bonds. The van der Waals surface area contributed by atoms with Crippen molar-refractivity contribution in [1.82, 2.24) is 4.90 Å². The molecule has 2 aromatic rings. The van der Waals surface area contributed by atoms with E-state index in [1.54, 1.807) is 24.3 Å². The van der Waals surface area contributed by atoms with Gasteiger partial charge in [0.05, 0.1) is 22.9 Å². The standard InChI is InChI=1S/C21H25NO3S/c23-26(24,19-8-2-1-3-9-19)16-6-13-22-14-11-21(12-15-22)20-10-5-4-7-18(20)17-25-21/h1-5,7-10H,6,11-17H2. The van der Waals surface area contributed by atoms with Gasteiger partial charge in [0.15, 0.2) is 9.84 Å². The summed E-state index contributed by atoms with van der Waals surface area (Å²) >= 11 is 0. The molecule has 0 radical (unpaired) electrons. The summed E-state index contributed by atoms with van der Waals surface area (Å²) in [6, 6.07) is 17.3. The van der Waals surface area contributed by atoms with Crippen molar-refractivity contribution >= 4 is 9.84 Å². The number of piperidine rings is 1. The molecular weight excluding hydrogens is 346 g/mol. The molecule has 1 saturated heterocycles. The van der Waals surface area contributed by atoms with Gasteiger partial charge in [0.1, 0.15) is 0 Å². The Balaban J connectivity index is 1.30. The molecule has 0 atom stereocenters. The van der Waals surface area contributed by atoms with Gasteiger partial charge in [-0.15, -0.1) is 0 Å². The predicted octanol–water partition coefficient (Wildman–Crippen LogP) is 3.37. The summed E-state index contributed by atoms with van der Waals surface area (Å²) < 4.78 is 30.9. The van der Waals surface area contributed by atoms with Crippen LogP contribution in [0.2, 0.25) is 0 Å². The highest BCUT2D eigenvalue weighted by molar-refractivity contribution is 7.91. The minimum Gasteiger partial charge on any atom is -0.365 e. The summed E-state index contributed by atoms with van der Waals surface area (Å²) in [5, 5.41) is 0. The third kappa shape index (κ3) is 3.43. The third-order valence-corrected chi connectivity index (χ3v) is 7.48. The van der Waals surface area contributed by atoms with Crippen LogP contribution in [0.25, 0.3) is 0 Å². The van der Waals surface area contributed by atoms with E-state index in [2.05, 4.69) is 29.2 Å². The van der Waals surface area contributed by atoms with E-state index in [1.807, 2.05) is 6.07 Å². The summed E-state index contributed by atoms with van der Waals surface area (Å²) in [7, 11) is -3.17. The van der Waals surface area contributed by atoms with Crippen LogP contribution in [0, 0.1) is 0 Å². The Morgan fingerprint density at radius 2 is 1.65 bits per heavy atom. The van der Waals surface area contributed by atoms with Gasteiger partial charge in [0.25, 0.3) is 0 Å². The summed E-state index contributed by atoms with van der Waals surface area (Å²) in [6.07, 6.45) is 2.63. The number of likely N-dealkylation sites (tertiary alicyclic amines) is 1. The van der Waals surface area contributed by atoms with Crippen LogP contribution in [-0.4, -0.2) is 38.7 Å². The number of sulfone groups is 1. The van der Waals surface area contributed by atoms with Crippen molar-refractivity contribution in [3.05, 3.63) is 65.7 Å². The molecule has 2 aliphatic heterocycles. The molecule has 0 bridgehead atoms. The van der Waals surface area contributed by atoms with E-state index in [-0.39, 0.29) is 11.4 Å². The number of ether oxygens (including phenoxy) is 1. The fraction of sp³-hybridized carbons (Fsp3) is 0.429. The van der Waals surface area contributed by atoms with Crippen molar-refractivity contribution in [3.8, 4) is 0 Å². The van der Waals surface area contributed by atoms with E-state index in [9.17, 15) is 8.42 Å². The largest absolute Gasteiger partial charge is 0.365 e. The summed E-state index contributed by atoms with van der Waals surface area (Å²) in [5.74, 6) is 0.206. The van der Waals surface area contributed by atoms with E-state index < -0.39 is 9.84 Å². The maximum atomic E-state index is 12.4. The molecule has 26 heavy (non-hydrogen) atoms. The second kappa shape index (κ2) is 7.14. The Kier molecular flexibility index (Phi) is 4.86. The number of hydrogen-bond acceptors (Lipinski definition) is 4. The van der Waals surface area contributed by atoms with E-state index >= 15 is 0 Å². The zero-order valence-electron chi connectivity index (χ0n) is 14.9. The monoisotopic (exact) mass is 371 g/mol. The Labute approximate surface area is 155 Å². The van der Waals surface area contributed by atoms with Gasteiger partial charge in [0, 0.05) is 13.1 Å². The summed E-state index contributed by atoms with van der Waals surface area (Å²) in [4.78, 5) is 2.80. The second-order valence-electron chi connectivity index (χ2n) is 7.27. The molecule has 4 rings (SSSR count). The quantitative estimate of drug-likeness (QED) is 0.808. The first-order valence-corrected chi connectivity index (χ1v) is 11.0. The van der Waals surface area contributed by atoms with Crippen molar-refractivity contribution in [1.29, 1.82) is 0 Å². The summed E-state index contributed by atoms with van der Waals surface area (Å²) in [6.45, 7) is 3.45. The lowest BCUT2D eigenvalue weighted by molar-refractivity contribution is -0.0786. The molecule has 1 spiro atoms. The first-order valence-electron chi connectivity index (χ1n) is 9.32. The molecule has 138 valence electrons. The average molecular weight is 372 g/mol. The number of rotatable bonds is 5. The van der Waals surface area contributed by atoms with Crippen LogP contribution in [0.5, 0.6) is 0 Å². The zero-order valence-corrected chi connectivity index (χ0v) is 15.7. The van der Waals surface area contributed by atoms with Gasteiger partial charge in [-0.1, -0.05) is 42.5 Å². The Morgan fingerprint density at radius 1 is 0.962 bits per heavy atom. The second-order valence-corrected chi connectivity index (χ2v) is 9.38. The van der Waals surface area contributed by atoms with Crippen LogP contribution in [-0.2, 0) is 26.8 Å². The smallest absolute Gasteiger partial charge is 0.178 e. The number of hydrogen-bond donors (Lipinski definition) is 0. The van der Waals surface area contributed by atoms with Gasteiger partial charge >= 0.3 is 0 Å². The van der Waals surface area contributed by atoms with Crippen molar-refractivity contribution in [2.75, 3.05) is 25.4 Å². The van der Waals surface area contributed by atoms with Crippen molar-refractivity contribution in [2.45, 2.75) is 36.4 Å². The first-order chi connectivity index (χ1) is 12.6. The Hall–Kier alpha value is -1.69. The van der Waals surface area contributed by atoms with Crippen LogP contribution in [0.3, 0.4) is 0 Å². The molecule has 4 nitrogen and oxygen atoms in total. The van der Waals surface area contributed by atoms with Crippen LogP contribution in [0.15, 0.2) is 59.5 Å². The van der Waals surface area contributed by atoms with E-state index in [0.717, 1.165) is 32.5 Å². The molecule has 1 fully saturated rings. The normalized spacial score (nSPS) is 19.5. The van der Waals surface area contributed by atoms with Gasteiger partial charge in [-0.25, -0.2) is 8.42 Å². The molecule has 5 heteroatoms. The molecule has 2 aromatic carbocycles. The third-order valence-electron chi connectivity index (χ3n) is 5.67. The highest BCUT2D eigenvalue weighted by atomic mass is 32.2. The Bertz CT molecular complexity index is 856. The number of benzene rings is 2. The van der Waals surface area contributed by atoms with Crippen LogP contribution in [0.1, 0.15) is 30.4 Å². The fourth-order valence-corrected chi connectivity index (χ4v) is 5.48. The van der Waals surface area contributed by atoms with Crippen LogP contribution < -0.4 is 0 Å². The van der Waals surface area contributed by atoms with E-state index in [4.69, 9.17) is 4.74 Å². The van der Waals surface area contributed by atoms with Gasteiger partial charge in [-0.2, -0.15) is 0 Å². The minimum atomic E-state index is -3.17. The lowest BCUT2D eigenvalue weighted by atomic mass is 9.84. The van der Waals surface area contributed by atoms with Gasteiger partial charge < -0.3 is 9.64 Å². The molecule has 0 aliphatic carbocycles. The van der Waals surface area contributed by atoms with Crippen LogP contribution >= 0.6 is 0 Å². The molecule has 0 unspecified atom stereocenters. The molecular formula is C21H25NO3S. The highest BCUT2D eigenvalue weighted by Crippen LogP contribution is 2.43. The predicted molar refractivity (Wildman–Crippen MR) is 102 cm³/mol. The SMILES string of the molecule is O=S(=O)(CCCN1CCC2(CC1)OCc1ccccc12)c1ccccc1. The van der Waals surface area contributed by atoms with Crippen molar-refractivity contribution in [3.63, 3.8) is 0 Å². The molecule has 0 N–H and O–H groups in total. The topological polar surface area (TPSA) is 46.6 Å². The fourth-order valence-electron chi connectivity index (χ4n) is 4.16. The number of fused-ring (bicyclic) bond motifs is 2. The molecule has 2 aliphatic rings. The zero-order chi connectivity index (χ0) is 18.0. The number of nitrogens with zero attached hydrogens (tertiary/aromatic N) is 1. The van der Waals surface area contributed by atoms with Crippen LogP contribution in [0.4, 0.5) is 0 Å². The van der Waals surface area contributed by atoms with Gasteiger partial charge in [-0.3, -0.25) is 0 Å². The highest BCUT2D eigenvalue weighted by Gasteiger charge is 2.42. The minimum absolute atomic E-state index is 0.122. The van der Waals surface area contributed by atoms with Crippen molar-refractivity contribution < 1.29 is 13.2 Å². The maximum absolute atomic E-state index is 12.4. The lowest BCUT2D eigenvalue weighted by Gasteiger charge is -2.39. The maximum Gasteiger partial charge on any atom is 0.178 e. The average Bonchev–Trinajstić information content (AvgIpc) is 3.03. The summed E-state index contributed by atoms with van der Waals surface area (Å²) in [5.41, 5.74) is 2.55.